The highest BCUT2D eigenvalue weighted by atomic mass is 32.1. The van der Waals surface area contributed by atoms with Gasteiger partial charge in [-0.3, -0.25) is 9.36 Å². The molecular weight excluding hydrogens is 495 g/mol. The Hall–Kier alpha value is -2.66. The number of aryl methyl sites for hydroxylation is 1. The number of carbonyl (C=O) groups excluding carboxylic acids is 1. The average Bonchev–Trinajstić information content (AvgIpc) is 3.40. The first-order chi connectivity index (χ1) is 16.5. The zero-order chi connectivity index (χ0) is 25.6. The van der Waals surface area contributed by atoms with Gasteiger partial charge in [-0.2, -0.15) is 4.98 Å². The fourth-order valence-corrected chi connectivity index (χ4v) is 5.38. The summed E-state index contributed by atoms with van der Waals surface area (Å²) in [5.74, 6) is 0.243. The zero-order valence-corrected chi connectivity index (χ0v) is 22.2. The van der Waals surface area contributed by atoms with Gasteiger partial charge in [0.25, 0.3) is 5.19 Å². The van der Waals surface area contributed by atoms with Crippen molar-refractivity contribution in [2.24, 2.45) is 0 Å². The highest BCUT2D eigenvalue weighted by Crippen LogP contribution is 2.54. The zero-order valence-electron chi connectivity index (χ0n) is 20.5. The standard InChI is InChI=1S/C22H29N4O7PS/c1-7-29-34(28,30-8-2)17(20(27)32-22(4,5)6)13-18-23-19(26-33-18)15-9-11-16(12-10-15)31-21-25-24-14(3)35-21/h9-12,17H,7-8,13H2,1-6H3. The molecule has 1 aromatic carbocycles. The summed E-state index contributed by atoms with van der Waals surface area (Å²) in [5, 5.41) is 13.1. The molecule has 2 heterocycles. The number of aromatic nitrogens is 4. The van der Waals surface area contributed by atoms with Gasteiger partial charge in [-0.1, -0.05) is 21.6 Å². The summed E-state index contributed by atoms with van der Waals surface area (Å²) in [4.78, 5) is 17.3. The Kier molecular flexibility index (Phi) is 8.76. The quantitative estimate of drug-likeness (QED) is 0.241. The van der Waals surface area contributed by atoms with E-state index in [4.69, 9.17) is 23.0 Å². The van der Waals surface area contributed by atoms with Crippen LogP contribution >= 0.6 is 18.9 Å². The molecule has 11 nitrogen and oxygen atoms in total. The Bertz CT molecular complexity index is 1160. The molecule has 2 aromatic heterocycles. The van der Waals surface area contributed by atoms with E-state index >= 15 is 0 Å². The van der Waals surface area contributed by atoms with Crippen LogP contribution in [0.1, 0.15) is 45.5 Å². The van der Waals surface area contributed by atoms with Crippen molar-refractivity contribution >= 4 is 24.9 Å². The van der Waals surface area contributed by atoms with Crippen LogP contribution in [0.4, 0.5) is 0 Å². The lowest BCUT2D eigenvalue weighted by Crippen LogP contribution is -2.34. The van der Waals surface area contributed by atoms with Crippen molar-refractivity contribution < 1.29 is 32.4 Å². The molecule has 13 heteroatoms. The lowest BCUT2D eigenvalue weighted by molar-refractivity contribution is -0.154. The smallest absolute Gasteiger partial charge is 0.345 e. The molecule has 0 spiro atoms. The molecule has 0 aliphatic carbocycles. The summed E-state index contributed by atoms with van der Waals surface area (Å²) in [6.07, 6.45) is -0.170. The molecule has 1 unspecified atom stereocenters. The fourth-order valence-electron chi connectivity index (χ4n) is 2.98. The molecule has 190 valence electrons. The number of benzene rings is 1. The van der Waals surface area contributed by atoms with Crippen LogP contribution in [0.15, 0.2) is 28.8 Å². The van der Waals surface area contributed by atoms with E-state index in [1.54, 1.807) is 58.9 Å². The van der Waals surface area contributed by atoms with Crippen LogP contribution in [0.5, 0.6) is 10.9 Å². The molecule has 0 radical (unpaired) electrons. The maximum atomic E-state index is 13.5. The lowest BCUT2D eigenvalue weighted by Gasteiger charge is -2.27. The third kappa shape index (κ3) is 7.41. The molecule has 0 saturated heterocycles. The van der Waals surface area contributed by atoms with Crippen molar-refractivity contribution in [3.8, 4) is 22.3 Å². The first-order valence-corrected chi connectivity index (χ1v) is 13.5. The molecular formula is C22H29N4O7PS. The number of rotatable bonds is 11. The Morgan fingerprint density at radius 3 is 2.31 bits per heavy atom. The summed E-state index contributed by atoms with van der Waals surface area (Å²) in [5.41, 5.74) is -1.40. The molecule has 3 aromatic rings. The first kappa shape index (κ1) is 26.9. The second-order valence-corrected chi connectivity index (χ2v) is 11.7. The Morgan fingerprint density at radius 2 is 1.77 bits per heavy atom. The summed E-state index contributed by atoms with van der Waals surface area (Å²) in [7, 11) is -3.87. The maximum absolute atomic E-state index is 13.5. The molecule has 0 fully saturated rings. The van der Waals surface area contributed by atoms with E-state index in [1.807, 2.05) is 6.92 Å². The third-order valence-electron chi connectivity index (χ3n) is 4.34. The number of nitrogens with zero attached hydrogens (tertiary/aromatic N) is 4. The highest BCUT2D eigenvalue weighted by molar-refractivity contribution is 7.55. The van der Waals surface area contributed by atoms with Crippen LogP contribution in [-0.4, -0.2) is 50.8 Å². The van der Waals surface area contributed by atoms with Crippen LogP contribution in [0.25, 0.3) is 11.4 Å². The fraction of sp³-hybridized carbons (Fsp3) is 0.500. The van der Waals surface area contributed by atoms with Crippen LogP contribution in [0.3, 0.4) is 0 Å². The van der Waals surface area contributed by atoms with Gasteiger partial charge in [-0.25, -0.2) is 0 Å². The van der Waals surface area contributed by atoms with E-state index in [0.29, 0.717) is 22.3 Å². The Balaban J connectivity index is 1.79. The predicted octanol–water partition coefficient (Wildman–Crippen LogP) is 5.21. The van der Waals surface area contributed by atoms with Crippen molar-refractivity contribution in [2.45, 2.75) is 59.2 Å². The maximum Gasteiger partial charge on any atom is 0.345 e. The van der Waals surface area contributed by atoms with Gasteiger partial charge in [-0.15, -0.1) is 5.10 Å². The van der Waals surface area contributed by atoms with Gasteiger partial charge >= 0.3 is 13.6 Å². The van der Waals surface area contributed by atoms with Gasteiger partial charge < -0.3 is 23.0 Å². The van der Waals surface area contributed by atoms with Crippen molar-refractivity contribution in [1.29, 1.82) is 0 Å². The second kappa shape index (κ2) is 11.4. The minimum atomic E-state index is -3.87. The van der Waals surface area contributed by atoms with Gasteiger partial charge in [0.05, 0.1) is 19.6 Å². The Morgan fingerprint density at radius 1 is 1.11 bits per heavy atom. The number of hydrogen-bond acceptors (Lipinski definition) is 12. The van der Waals surface area contributed by atoms with Gasteiger partial charge in [0, 0.05) is 5.56 Å². The van der Waals surface area contributed by atoms with E-state index in [9.17, 15) is 9.36 Å². The van der Waals surface area contributed by atoms with E-state index < -0.39 is 24.8 Å². The van der Waals surface area contributed by atoms with Crippen LogP contribution in [0, 0.1) is 6.92 Å². The molecule has 0 saturated carbocycles. The minimum absolute atomic E-state index is 0.0940. The van der Waals surface area contributed by atoms with E-state index in [2.05, 4.69) is 20.3 Å². The highest BCUT2D eigenvalue weighted by Gasteiger charge is 2.44. The van der Waals surface area contributed by atoms with Crippen molar-refractivity contribution in [1.82, 2.24) is 20.3 Å². The van der Waals surface area contributed by atoms with Crippen LogP contribution in [0.2, 0.25) is 0 Å². The summed E-state index contributed by atoms with van der Waals surface area (Å²) in [6, 6.07) is 7.00. The normalized spacial score (nSPS) is 13.0. The van der Waals surface area contributed by atoms with Gasteiger partial charge in [0.1, 0.15) is 16.4 Å². The molecule has 35 heavy (non-hydrogen) atoms. The molecule has 0 bridgehead atoms. The largest absolute Gasteiger partial charge is 0.459 e. The third-order valence-corrected chi connectivity index (χ3v) is 7.45. The topological polar surface area (TPSA) is 136 Å². The van der Waals surface area contributed by atoms with Gasteiger partial charge in [-0.05, 0) is 65.8 Å². The van der Waals surface area contributed by atoms with Crippen molar-refractivity contribution in [2.75, 3.05) is 13.2 Å². The monoisotopic (exact) mass is 524 g/mol. The van der Waals surface area contributed by atoms with E-state index in [-0.39, 0.29) is 25.5 Å². The van der Waals surface area contributed by atoms with Crippen LogP contribution < -0.4 is 4.74 Å². The summed E-state index contributed by atoms with van der Waals surface area (Å²) < 4.78 is 40.8. The van der Waals surface area contributed by atoms with Crippen molar-refractivity contribution in [3.63, 3.8) is 0 Å². The van der Waals surface area contributed by atoms with E-state index in [0.717, 1.165) is 5.01 Å². The van der Waals surface area contributed by atoms with Gasteiger partial charge in [0.2, 0.25) is 11.7 Å². The number of ether oxygens (including phenoxy) is 2. The molecule has 1 atom stereocenters. The SMILES string of the molecule is CCOP(=O)(OCC)C(Cc1nc(-c2ccc(Oc3nnc(C)s3)cc2)no1)C(=O)OC(C)(C)C. The summed E-state index contributed by atoms with van der Waals surface area (Å²) in [6.45, 7) is 10.5. The second-order valence-electron chi connectivity index (χ2n) is 8.35. The lowest BCUT2D eigenvalue weighted by atomic mass is 10.2. The van der Waals surface area contributed by atoms with Crippen molar-refractivity contribution in [3.05, 3.63) is 35.2 Å². The Labute approximate surface area is 207 Å². The number of esters is 1. The van der Waals surface area contributed by atoms with E-state index in [1.165, 1.54) is 11.3 Å². The predicted molar refractivity (Wildman–Crippen MR) is 129 cm³/mol. The first-order valence-electron chi connectivity index (χ1n) is 11.1. The molecule has 3 rings (SSSR count). The molecule has 0 N–H and O–H groups in total. The van der Waals surface area contributed by atoms with Crippen LogP contribution in [-0.2, 0) is 29.6 Å². The number of hydrogen-bond donors (Lipinski definition) is 0. The molecule has 0 aliphatic heterocycles. The summed E-state index contributed by atoms with van der Waals surface area (Å²) >= 11 is 1.34. The van der Waals surface area contributed by atoms with Gasteiger partial charge in [0.15, 0.2) is 5.66 Å². The molecule has 0 aliphatic rings. The average molecular weight is 525 g/mol. The number of carbonyl (C=O) groups is 1. The molecule has 0 amide bonds. The minimum Gasteiger partial charge on any atom is -0.459 e.